The minimum Gasteiger partial charge on any atom is -0.393 e. The molecule has 2 aromatic heterocycles. The number of thiophene rings is 1. The van der Waals surface area contributed by atoms with Crippen LogP contribution >= 0.6 is 22.7 Å². The van der Waals surface area contributed by atoms with Gasteiger partial charge in [0.05, 0.1) is 16.5 Å². The third kappa shape index (κ3) is 3.43. The largest absolute Gasteiger partial charge is 0.393 e. The Kier molecular flexibility index (Phi) is 5.19. The van der Waals surface area contributed by atoms with E-state index in [9.17, 15) is 9.50 Å². The fourth-order valence-corrected chi connectivity index (χ4v) is 6.08. The second-order valence-electron chi connectivity index (χ2n) is 7.01. The SMILES string of the molecule is CN/C=C1/C=C(c2nc3sc(C4CCB(C#N)CC4O)cc3s2)C=C(F)C1=N. The summed E-state index contributed by atoms with van der Waals surface area (Å²) in [6.07, 6.45) is 6.36. The van der Waals surface area contributed by atoms with E-state index >= 15 is 0 Å². The van der Waals surface area contributed by atoms with Crippen molar-refractivity contribution in [1.29, 1.82) is 10.7 Å². The molecule has 2 atom stereocenters. The number of hydrogen-bond donors (Lipinski definition) is 3. The first kappa shape index (κ1) is 19.1. The molecule has 1 aliphatic carbocycles. The van der Waals surface area contributed by atoms with Crippen molar-refractivity contribution in [3.63, 3.8) is 0 Å². The summed E-state index contributed by atoms with van der Waals surface area (Å²) in [7, 11) is 1.71. The molecule has 4 rings (SSSR count). The molecule has 0 radical (unpaired) electrons. The number of fused-ring (bicyclic) bond motifs is 1. The molecule has 0 aromatic carbocycles. The van der Waals surface area contributed by atoms with E-state index in [2.05, 4.69) is 22.3 Å². The zero-order valence-corrected chi connectivity index (χ0v) is 16.8. The quantitative estimate of drug-likeness (QED) is 0.661. The predicted octanol–water partition coefficient (Wildman–Crippen LogP) is 4.14. The van der Waals surface area contributed by atoms with Gasteiger partial charge >= 0.3 is 0 Å². The van der Waals surface area contributed by atoms with Gasteiger partial charge in [0.25, 0.3) is 6.71 Å². The van der Waals surface area contributed by atoms with Crippen molar-refractivity contribution < 1.29 is 9.50 Å². The monoisotopic (exact) mass is 412 g/mol. The molecule has 1 aliphatic heterocycles. The Hall–Kier alpha value is -2.28. The number of aliphatic hydroxyl groups is 1. The molecular formula is C19H18BFN4OS2. The zero-order valence-electron chi connectivity index (χ0n) is 15.2. The fourth-order valence-electron chi connectivity index (χ4n) is 3.68. The highest BCUT2D eigenvalue weighted by atomic mass is 32.1. The van der Waals surface area contributed by atoms with E-state index in [-0.39, 0.29) is 18.3 Å². The Balaban J connectivity index is 1.62. The summed E-state index contributed by atoms with van der Waals surface area (Å²) in [6.45, 7) is -0.0597. The van der Waals surface area contributed by atoms with E-state index in [1.54, 1.807) is 30.7 Å². The van der Waals surface area contributed by atoms with Crippen LogP contribution in [0.4, 0.5) is 4.39 Å². The fraction of sp³-hybridized carbons (Fsp3) is 0.316. The van der Waals surface area contributed by atoms with Gasteiger partial charge in [-0.05, 0) is 31.0 Å². The van der Waals surface area contributed by atoms with Crippen molar-refractivity contribution in [3.05, 3.63) is 45.7 Å². The van der Waals surface area contributed by atoms with Crippen molar-refractivity contribution in [1.82, 2.24) is 10.3 Å². The Morgan fingerprint density at radius 1 is 1.46 bits per heavy atom. The van der Waals surface area contributed by atoms with Crippen LogP contribution in [0.1, 0.15) is 22.2 Å². The van der Waals surface area contributed by atoms with Gasteiger partial charge in [-0.3, -0.25) is 5.41 Å². The molecule has 3 N–H and O–H groups in total. The molecule has 0 amide bonds. The summed E-state index contributed by atoms with van der Waals surface area (Å²) in [5.74, 6) is 1.74. The number of aliphatic hydroxyl groups excluding tert-OH is 1. The zero-order chi connectivity index (χ0) is 19.8. The normalized spacial score (nSPS) is 24.3. The van der Waals surface area contributed by atoms with Crippen molar-refractivity contribution in [2.24, 2.45) is 0 Å². The molecule has 1 fully saturated rings. The van der Waals surface area contributed by atoms with Gasteiger partial charge < -0.3 is 10.4 Å². The summed E-state index contributed by atoms with van der Waals surface area (Å²) in [5.41, 5.74) is 0.995. The smallest absolute Gasteiger partial charge is 0.270 e. The topological polar surface area (TPSA) is 92.8 Å². The molecule has 2 aliphatic rings. The maximum absolute atomic E-state index is 14.1. The van der Waals surface area contributed by atoms with Gasteiger partial charge in [-0.25, -0.2) is 14.6 Å². The predicted molar refractivity (Wildman–Crippen MR) is 114 cm³/mol. The summed E-state index contributed by atoms with van der Waals surface area (Å²) >= 11 is 3.05. The minimum atomic E-state index is -0.574. The molecule has 9 heteroatoms. The highest BCUT2D eigenvalue weighted by Gasteiger charge is 2.34. The Morgan fingerprint density at radius 2 is 2.29 bits per heavy atom. The van der Waals surface area contributed by atoms with Crippen LogP contribution in [0.2, 0.25) is 12.6 Å². The van der Waals surface area contributed by atoms with Gasteiger partial charge in [0.15, 0.2) is 0 Å². The Bertz CT molecular complexity index is 1050. The first-order valence-corrected chi connectivity index (χ1v) is 10.7. The van der Waals surface area contributed by atoms with Crippen LogP contribution in [0.15, 0.2) is 35.8 Å². The average molecular weight is 412 g/mol. The third-order valence-electron chi connectivity index (χ3n) is 5.14. The van der Waals surface area contributed by atoms with Crippen LogP contribution in [0.5, 0.6) is 0 Å². The van der Waals surface area contributed by atoms with E-state index in [1.165, 1.54) is 17.4 Å². The highest BCUT2D eigenvalue weighted by molar-refractivity contribution is 7.27. The molecule has 0 saturated carbocycles. The molecule has 0 bridgehead atoms. The van der Waals surface area contributed by atoms with Crippen molar-refractivity contribution in [3.8, 4) is 5.97 Å². The number of nitrogens with zero attached hydrogens (tertiary/aromatic N) is 2. The standard InChI is InChI=1S/C19H18BFN4OS2/c1-24-8-11-4-10(5-13(21)17(11)23)18-25-19-16(28-18)6-15(27-19)12-2-3-20(9-22)7-14(12)26/h4-6,8,12,14,23-24,26H,2-3,7H2,1H3/b11-8-,23-17?. The van der Waals surface area contributed by atoms with Gasteiger partial charge in [0.1, 0.15) is 15.7 Å². The van der Waals surface area contributed by atoms with Crippen molar-refractivity contribution in [2.75, 3.05) is 7.05 Å². The lowest BCUT2D eigenvalue weighted by Crippen LogP contribution is -2.31. The highest BCUT2D eigenvalue weighted by Crippen LogP contribution is 2.42. The van der Waals surface area contributed by atoms with Crippen LogP contribution in [0.25, 0.3) is 15.1 Å². The second kappa shape index (κ2) is 7.62. The van der Waals surface area contributed by atoms with E-state index in [0.717, 1.165) is 27.1 Å². The lowest BCUT2D eigenvalue weighted by molar-refractivity contribution is 0.155. The van der Waals surface area contributed by atoms with Gasteiger partial charge in [0, 0.05) is 41.2 Å². The van der Waals surface area contributed by atoms with Crippen LogP contribution < -0.4 is 5.32 Å². The molecule has 1 saturated heterocycles. The van der Waals surface area contributed by atoms with Crippen molar-refractivity contribution >= 4 is 50.2 Å². The number of thiazole rings is 1. The number of rotatable bonds is 3. The van der Waals surface area contributed by atoms with E-state index in [4.69, 9.17) is 10.7 Å². The number of nitriles is 1. The molecule has 2 unspecified atom stereocenters. The third-order valence-corrected chi connectivity index (χ3v) is 7.48. The molecular weight excluding hydrogens is 394 g/mol. The number of hydrogen-bond acceptors (Lipinski definition) is 7. The summed E-state index contributed by atoms with van der Waals surface area (Å²) in [5, 5.41) is 30.9. The van der Waals surface area contributed by atoms with Gasteiger partial charge in [-0.2, -0.15) is 0 Å². The Morgan fingerprint density at radius 3 is 2.96 bits per heavy atom. The lowest BCUT2D eigenvalue weighted by Gasteiger charge is -2.27. The van der Waals surface area contributed by atoms with Gasteiger partial charge in [-0.1, -0.05) is 6.32 Å². The second-order valence-corrected chi connectivity index (χ2v) is 9.10. The first-order chi connectivity index (χ1) is 13.5. The van der Waals surface area contributed by atoms with Crippen LogP contribution in [-0.4, -0.2) is 35.7 Å². The van der Waals surface area contributed by atoms with Gasteiger partial charge in [0.2, 0.25) is 0 Å². The number of nitrogens with one attached hydrogen (secondary N) is 2. The number of aromatic nitrogens is 1. The van der Waals surface area contributed by atoms with Crippen LogP contribution in [0.3, 0.4) is 0 Å². The summed E-state index contributed by atoms with van der Waals surface area (Å²) < 4.78 is 15.1. The molecule has 3 heterocycles. The van der Waals surface area contributed by atoms with E-state index in [1.807, 2.05) is 0 Å². The molecule has 142 valence electrons. The van der Waals surface area contributed by atoms with Crippen LogP contribution in [-0.2, 0) is 0 Å². The van der Waals surface area contributed by atoms with Crippen LogP contribution in [0, 0.1) is 16.6 Å². The molecule has 0 spiro atoms. The number of allylic oxidation sites excluding steroid dienone is 5. The Labute approximate surface area is 170 Å². The minimum absolute atomic E-state index is 0.0522. The maximum atomic E-state index is 14.1. The number of halogens is 1. The molecule has 5 nitrogen and oxygen atoms in total. The van der Waals surface area contributed by atoms with E-state index in [0.29, 0.717) is 22.5 Å². The first-order valence-electron chi connectivity index (χ1n) is 9.04. The summed E-state index contributed by atoms with van der Waals surface area (Å²) in [6, 6.07) is 2.07. The average Bonchev–Trinajstić information content (AvgIpc) is 3.24. The maximum Gasteiger partial charge on any atom is 0.270 e. The lowest BCUT2D eigenvalue weighted by atomic mass is 9.41. The van der Waals surface area contributed by atoms with Crippen molar-refractivity contribution in [2.45, 2.75) is 31.1 Å². The molecule has 2 aromatic rings. The molecule has 28 heavy (non-hydrogen) atoms. The van der Waals surface area contributed by atoms with E-state index < -0.39 is 11.9 Å². The van der Waals surface area contributed by atoms with Gasteiger partial charge in [-0.15, -0.1) is 22.7 Å². The summed E-state index contributed by atoms with van der Waals surface area (Å²) in [4.78, 5) is 6.64.